The number of hydrogen-bond acceptors (Lipinski definition) is 6. The highest BCUT2D eigenvalue weighted by atomic mass is 32.1. The number of carbonyl (C=O) groups excluding carboxylic acids is 2. The topological polar surface area (TPSA) is 84.0 Å². The molecule has 6 nitrogen and oxygen atoms in total. The number of anilines is 2. The molecule has 2 heterocycles. The first-order valence-electron chi connectivity index (χ1n) is 10.9. The van der Waals surface area contributed by atoms with E-state index >= 15 is 0 Å². The monoisotopic (exact) mass is 486 g/mol. The van der Waals surface area contributed by atoms with Crippen molar-refractivity contribution in [2.75, 3.05) is 10.6 Å². The number of carbonyl (C=O) groups is 2. The van der Waals surface area contributed by atoms with Crippen molar-refractivity contribution in [2.45, 2.75) is 11.8 Å². The van der Waals surface area contributed by atoms with Crippen LogP contribution in [0.4, 0.5) is 10.3 Å². The second kappa shape index (κ2) is 10.1. The van der Waals surface area contributed by atoms with Crippen molar-refractivity contribution in [3.63, 3.8) is 0 Å². The van der Waals surface area contributed by atoms with Crippen molar-refractivity contribution >= 4 is 44.8 Å². The van der Waals surface area contributed by atoms with Gasteiger partial charge in [0.05, 0.1) is 11.8 Å². The summed E-state index contributed by atoms with van der Waals surface area (Å²) in [5.41, 5.74) is 1.97. The van der Waals surface area contributed by atoms with Gasteiger partial charge in [0.25, 0.3) is 0 Å². The van der Waals surface area contributed by atoms with Crippen molar-refractivity contribution in [3.05, 3.63) is 107 Å². The smallest absolute Gasteiger partial charge is 0.231 e. The van der Waals surface area contributed by atoms with Crippen LogP contribution in [0, 0.1) is 11.8 Å². The minimum absolute atomic E-state index is 0.228. The summed E-state index contributed by atoms with van der Waals surface area (Å²) < 4.78 is 0. The molecule has 4 aromatic rings. The van der Waals surface area contributed by atoms with Gasteiger partial charge in [0.1, 0.15) is 0 Å². The summed E-state index contributed by atoms with van der Waals surface area (Å²) in [5.74, 6) is -2.30. The molecule has 2 aromatic heterocycles. The van der Waals surface area contributed by atoms with Crippen LogP contribution in [0.5, 0.6) is 0 Å². The molecule has 2 aromatic carbocycles. The fourth-order valence-electron chi connectivity index (χ4n) is 4.51. The Hall–Kier alpha value is -3.62. The molecule has 0 spiro atoms. The average Bonchev–Trinajstić information content (AvgIpc) is 3.59. The third-order valence-electron chi connectivity index (χ3n) is 5.99. The standard InChI is InChI=1S/C26H22N4O2S2/c31-23(29-25-27-13-15-33-25)21-19(17-7-3-1-4-8-17)11-12-20(18-9-5-2-6-10-18)22(21)24(32)30-26-28-14-16-34-26/h1-16,19-22H,(H,27,29,31)(H,28,30,32)/t19-,20-,21-,22+/m1/s1. The lowest BCUT2D eigenvalue weighted by atomic mass is 9.65. The first kappa shape index (κ1) is 22.2. The molecule has 0 saturated heterocycles. The number of rotatable bonds is 6. The van der Waals surface area contributed by atoms with E-state index in [1.807, 2.05) is 71.4 Å². The normalized spacial score (nSPS) is 21.6. The molecular weight excluding hydrogens is 464 g/mol. The van der Waals surface area contributed by atoms with Crippen LogP contribution in [0.3, 0.4) is 0 Å². The van der Waals surface area contributed by atoms with E-state index in [1.165, 1.54) is 22.7 Å². The van der Waals surface area contributed by atoms with E-state index in [4.69, 9.17) is 0 Å². The Morgan fingerprint density at radius 2 is 1.06 bits per heavy atom. The van der Waals surface area contributed by atoms with E-state index in [2.05, 4.69) is 32.8 Å². The highest BCUT2D eigenvalue weighted by Crippen LogP contribution is 2.45. The fraction of sp³-hybridized carbons (Fsp3) is 0.154. The fourth-order valence-corrected chi connectivity index (χ4v) is 5.58. The van der Waals surface area contributed by atoms with E-state index in [-0.39, 0.29) is 23.7 Å². The molecule has 34 heavy (non-hydrogen) atoms. The number of hydrogen-bond donors (Lipinski definition) is 2. The lowest BCUT2D eigenvalue weighted by Gasteiger charge is -2.38. The van der Waals surface area contributed by atoms with Crippen molar-refractivity contribution in [3.8, 4) is 0 Å². The summed E-state index contributed by atoms with van der Waals surface area (Å²) in [6.07, 6.45) is 7.42. The molecular formula is C26H22N4O2S2. The summed E-state index contributed by atoms with van der Waals surface area (Å²) >= 11 is 2.71. The predicted molar refractivity (Wildman–Crippen MR) is 136 cm³/mol. The van der Waals surface area contributed by atoms with E-state index in [9.17, 15) is 9.59 Å². The molecule has 0 fully saturated rings. The summed E-state index contributed by atoms with van der Waals surface area (Å²) in [6, 6.07) is 19.7. The van der Waals surface area contributed by atoms with Gasteiger partial charge in [-0.1, -0.05) is 72.8 Å². The Kier molecular flexibility index (Phi) is 6.60. The molecule has 5 rings (SSSR count). The Morgan fingerprint density at radius 1 is 0.647 bits per heavy atom. The minimum atomic E-state index is -0.651. The van der Waals surface area contributed by atoms with Crippen LogP contribution in [0.2, 0.25) is 0 Å². The zero-order valence-corrected chi connectivity index (χ0v) is 19.7. The molecule has 0 bridgehead atoms. The maximum Gasteiger partial charge on any atom is 0.231 e. The van der Waals surface area contributed by atoms with Crippen LogP contribution in [-0.2, 0) is 9.59 Å². The maximum atomic E-state index is 13.8. The van der Waals surface area contributed by atoms with Gasteiger partial charge >= 0.3 is 0 Å². The Balaban J connectivity index is 1.59. The predicted octanol–water partition coefficient (Wildman–Crippen LogP) is 5.55. The molecule has 2 amide bonds. The van der Waals surface area contributed by atoms with E-state index < -0.39 is 11.8 Å². The zero-order chi connectivity index (χ0) is 23.3. The molecule has 2 N–H and O–H groups in total. The van der Waals surface area contributed by atoms with Crippen LogP contribution >= 0.6 is 22.7 Å². The summed E-state index contributed by atoms with van der Waals surface area (Å²) in [5, 5.41) is 10.5. The Morgan fingerprint density at radius 3 is 1.41 bits per heavy atom. The third-order valence-corrected chi connectivity index (χ3v) is 7.36. The number of aromatic nitrogens is 2. The number of nitrogens with zero attached hydrogens (tertiary/aromatic N) is 2. The van der Waals surface area contributed by atoms with E-state index in [0.29, 0.717) is 10.3 Å². The third kappa shape index (κ3) is 4.69. The zero-order valence-electron chi connectivity index (χ0n) is 18.1. The van der Waals surface area contributed by atoms with Gasteiger partial charge in [-0.25, -0.2) is 9.97 Å². The first-order chi connectivity index (χ1) is 16.7. The lowest BCUT2D eigenvalue weighted by molar-refractivity contribution is -0.130. The van der Waals surface area contributed by atoms with Gasteiger partial charge in [-0.15, -0.1) is 22.7 Å². The Bertz CT molecular complexity index is 1160. The number of allylic oxidation sites excluding steroid dienone is 2. The van der Waals surface area contributed by atoms with Gasteiger partial charge in [0, 0.05) is 35.0 Å². The quantitative estimate of drug-likeness (QED) is 0.350. The van der Waals surface area contributed by atoms with Gasteiger partial charge < -0.3 is 10.6 Å². The van der Waals surface area contributed by atoms with Gasteiger partial charge in [0.15, 0.2) is 10.3 Å². The Labute approximate surface area is 205 Å². The van der Waals surface area contributed by atoms with Crippen molar-refractivity contribution in [2.24, 2.45) is 11.8 Å². The first-order valence-corrected chi connectivity index (χ1v) is 12.7. The molecule has 1 aliphatic rings. The van der Waals surface area contributed by atoms with Crippen LogP contribution in [0.1, 0.15) is 23.0 Å². The van der Waals surface area contributed by atoms with Gasteiger partial charge in [-0.05, 0) is 11.1 Å². The van der Waals surface area contributed by atoms with Crippen LogP contribution < -0.4 is 10.6 Å². The minimum Gasteiger partial charge on any atom is -0.302 e. The lowest BCUT2D eigenvalue weighted by Crippen LogP contribution is -2.44. The molecule has 0 aliphatic heterocycles. The number of thiazole rings is 2. The van der Waals surface area contributed by atoms with Crippen LogP contribution in [0.25, 0.3) is 0 Å². The van der Waals surface area contributed by atoms with Crippen LogP contribution in [-0.4, -0.2) is 21.8 Å². The van der Waals surface area contributed by atoms with E-state index in [1.54, 1.807) is 12.4 Å². The molecule has 8 heteroatoms. The van der Waals surface area contributed by atoms with E-state index in [0.717, 1.165) is 11.1 Å². The number of benzene rings is 2. The number of nitrogens with one attached hydrogen (secondary N) is 2. The summed E-state index contributed by atoms with van der Waals surface area (Å²) in [7, 11) is 0. The molecule has 0 saturated carbocycles. The highest BCUT2D eigenvalue weighted by molar-refractivity contribution is 7.14. The van der Waals surface area contributed by atoms with Crippen molar-refractivity contribution in [1.82, 2.24) is 9.97 Å². The van der Waals surface area contributed by atoms with Gasteiger partial charge in [-0.2, -0.15) is 0 Å². The van der Waals surface area contributed by atoms with Gasteiger partial charge in [0.2, 0.25) is 11.8 Å². The molecule has 4 atom stereocenters. The maximum absolute atomic E-state index is 13.8. The highest BCUT2D eigenvalue weighted by Gasteiger charge is 2.46. The number of amides is 2. The second-order valence-electron chi connectivity index (χ2n) is 7.96. The molecule has 1 aliphatic carbocycles. The SMILES string of the molecule is O=C(Nc1nccs1)[C@@H]1[C@H](C(=O)Nc2nccs2)[C@@H](c2ccccc2)C=C[C@@H]1c1ccccc1. The second-order valence-corrected chi connectivity index (χ2v) is 9.75. The van der Waals surface area contributed by atoms with Gasteiger partial charge in [-0.3, -0.25) is 9.59 Å². The summed E-state index contributed by atoms with van der Waals surface area (Å²) in [4.78, 5) is 36.0. The summed E-state index contributed by atoms with van der Waals surface area (Å²) in [6.45, 7) is 0. The average molecular weight is 487 g/mol. The molecule has 0 unspecified atom stereocenters. The van der Waals surface area contributed by atoms with Crippen LogP contribution in [0.15, 0.2) is 96.0 Å². The molecule has 170 valence electrons. The van der Waals surface area contributed by atoms with Crippen molar-refractivity contribution in [1.29, 1.82) is 0 Å². The molecule has 0 radical (unpaired) electrons. The largest absolute Gasteiger partial charge is 0.302 e. The van der Waals surface area contributed by atoms with Crippen molar-refractivity contribution < 1.29 is 9.59 Å².